The van der Waals surface area contributed by atoms with Crippen LogP contribution < -0.4 is 4.74 Å². The van der Waals surface area contributed by atoms with Crippen molar-refractivity contribution in [1.82, 2.24) is 4.90 Å². The molecule has 2 aromatic rings. The van der Waals surface area contributed by atoms with Gasteiger partial charge in [-0.3, -0.25) is 0 Å². The zero-order chi connectivity index (χ0) is 21.1. The first-order chi connectivity index (χ1) is 14.4. The Labute approximate surface area is 186 Å². The van der Waals surface area contributed by atoms with Gasteiger partial charge in [0.05, 0.1) is 0 Å². The van der Waals surface area contributed by atoms with E-state index in [0.29, 0.717) is 18.6 Å². The average molecular weight is 428 g/mol. The first-order valence-corrected chi connectivity index (χ1v) is 11.7. The van der Waals surface area contributed by atoms with Crippen LogP contribution in [0.4, 0.5) is 0 Å². The molecule has 2 fully saturated rings. The molecule has 4 rings (SSSR count). The predicted molar refractivity (Wildman–Crippen MR) is 124 cm³/mol. The molecule has 0 aromatic heterocycles. The molecule has 1 aliphatic heterocycles. The summed E-state index contributed by atoms with van der Waals surface area (Å²) in [6.45, 7) is 6.24. The molecular weight excluding hydrogens is 394 g/mol. The summed E-state index contributed by atoms with van der Waals surface area (Å²) >= 11 is 6.25. The van der Waals surface area contributed by atoms with E-state index in [1.807, 2.05) is 26.0 Å². The van der Waals surface area contributed by atoms with Crippen molar-refractivity contribution in [2.24, 2.45) is 0 Å². The zero-order valence-electron chi connectivity index (χ0n) is 18.2. The van der Waals surface area contributed by atoms with Crippen molar-refractivity contribution < 1.29 is 9.84 Å². The minimum Gasteiger partial charge on any atom is -0.491 e. The minimum atomic E-state index is -0.737. The smallest absolute Gasteiger partial charge is 0.120 e. The van der Waals surface area contributed by atoms with E-state index < -0.39 is 5.60 Å². The second-order valence-electron chi connectivity index (χ2n) is 9.34. The van der Waals surface area contributed by atoms with Gasteiger partial charge >= 0.3 is 0 Å². The first kappa shape index (κ1) is 21.7. The van der Waals surface area contributed by atoms with E-state index in [1.165, 1.54) is 31.2 Å². The maximum atomic E-state index is 11.1. The number of nitrogens with zero attached hydrogens (tertiary/aromatic N) is 1. The van der Waals surface area contributed by atoms with Crippen LogP contribution in [0.25, 0.3) is 0 Å². The van der Waals surface area contributed by atoms with E-state index in [1.54, 1.807) is 0 Å². The highest BCUT2D eigenvalue weighted by Gasteiger charge is 2.36. The van der Waals surface area contributed by atoms with Crippen LogP contribution in [0.5, 0.6) is 5.75 Å². The van der Waals surface area contributed by atoms with Gasteiger partial charge in [0.15, 0.2) is 0 Å². The summed E-state index contributed by atoms with van der Waals surface area (Å²) in [5.41, 5.74) is 2.78. The fourth-order valence-electron chi connectivity index (χ4n) is 5.16. The number of aliphatic hydroxyl groups is 1. The second kappa shape index (κ2) is 9.30. The third kappa shape index (κ3) is 5.01. The summed E-state index contributed by atoms with van der Waals surface area (Å²) < 4.78 is 5.98. The molecule has 2 aromatic carbocycles. The molecule has 0 amide bonds. The summed E-state index contributed by atoms with van der Waals surface area (Å²) in [5.74, 6) is 1.51. The Kier molecular flexibility index (Phi) is 6.72. The third-order valence-corrected chi connectivity index (χ3v) is 7.73. The molecule has 1 heterocycles. The summed E-state index contributed by atoms with van der Waals surface area (Å²) in [6, 6.07) is 15.5. The maximum absolute atomic E-state index is 11.1. The molecule has 0 spiro atoms. The van der Waals surface area contributed by atoms with Crippen LogP contribution in [0, 0.1) is 13.8 Å². The number of benzene rings is 2. The minimum absolute atomic E-state index is 0.349. The third-order valence-electron chi connectivity index (χ3n) is 7.13. The highest BCUT2D eigenvalue weighted by Crippen LogP contribution is 2.36. The number of hydrogen-bond donors (Lipinski definition) is 1. The molecule has 1 saturated carbocycles. The van der Waals surface area contributed by atoms with Gasteiger partial charge in [-0.15, -0.1) is 0 Å². The Balaban J connectivity index is 1.25. The lowest BCUT2D eigenvalue weighted by atomic mass is 9.80. The van der Waals surface area contributed by atoms with Crippen molar-refractivity contribution in [2.45, 2.75) is 69.9 Å². The number of hydrogen-bond acceptors (Lipinski definition) is 3. The van der Waals surface area contributed by atoms with Crippen molar-refractivity contribution in [3.05, 3.63) is 64.2 Å². The van der Waals surface area contributed by atoms with Crippen LogP contribution >= 0.6 is 11.6 Å². The largest absolute Gasteiger partial charge is 0.491 e. The van der Waals surface area contributed by atoms with E-state index in [2.05, 4.69) is 35.2 Å². The molecule has 30 heavy (non-hydrogen) atoms. The van der Waals surface area contributed by atoms with Gasteiger partial charge in [-0.1, -0.05) is 41.9 Å². The van der Waals surface area contributed by atoms with E-state index in [-0.39, 0.29) is 0 Å². The highest BCUT2D eigenvalue weighted by molar-refractivity contribution is 6.32. The number of piperidine rings is 1. The molecule has 0 unspecified atom stereocenters. The van der Waals surface area contributed by atoms with Gasteiger partial charge in [-0.25, -0.2) is 0 Å². The summed E-state index contributed by atoms with van der Waals surface area (Å²) in [7, 11) is 0. The van der Waals surface area contributed by atoms with Gasteiger partial charge in [-0.05, 0) is 87.1 Å². The fraction of sp³-hybridized carbons (Fsp3) is 0.538. The number of halogens is 1. The van der Waals surface area contributed by atoms with Crippen molar-refractivity contribution >= 4 is 11.6 Å². The first-order valence-electron chi connectivity index (χ1n) is 11.3. The van der Waals surface area contributed by atoms with Gasteiger partial charge in [0.25, 0.3) is 0 Å². The van der Waals surface area contributed by atoms with Crippen molar-refractivity contribution in [3.63, 3.8) is 0 Å². The average Bonchev–Trinajstić information content (AvgIpc) is 2.77. The van der Waals surface area contributed by atoms with E-state index in [0.717, 1.165) is 47.8 Å². The Hall–Kier alpha value is -1.55. The van der Waals surface area contributed by atoms with Gasteiger partial charge in [0.2, 0.25) is 0 Å². The van der Waals surface area contributed by atoms with Crippen LogP contribution in [0.3, 0.4) is 0 Å². The SMILES string of the molecule is Cc1cc(OCC2(O)CCN(C3CCC(c4ccccc4)CC3)CC2)cc(C)c1Cl. The Bertz CT molecular complexity index is 814. The molecule has 1 aliphatic carbocycles. The van der Waals surface area contributed by atoms with E-state index >= 15 is 0 Å². The number of likely N-dealkylation sites (tertiary alicyclic amines) is 1. The highest BCUT2D eigenvalue weighted by atomic mass is 35.5. The van der Waals surface area contributed by atoms with Crippen LogP contribution in [0.2, 0.25) is 5.02 Å². The van der Waals surface area contributed by atoms with Gasteiger partial charge in [0, 0.05) is 24.2 Å². The molecule has 0 atom stereocenters. The number of aryl methyl sites for hydroxylation is 2. The van der Waals surface area contributed by atoms with E-state index in [4.69, 9.17) is 16.3 Å². The standard InChI is InChI=1S/C26H34ClNO2/c1-19-16-24(17-20(2)25(19)27)30-18-26(29)12-14-28(15-13-26)23-10-8-22(9-11-23)21-6-4-3-5-7-21/h3-7,16-17,22-23,29H,8-15,18H2,1-2H3. The molecule has 2 aliphatic rings. The predicted octanol–water partition coefficient (Wildman–Crippen LogP) is 5.89. The number of rotatable bonds is 5. The molecule has 1 N–H and O–H groups in total. The summed E-state index contributed by atoms with van der Waals surface area (Å²) in [6.07, 6.45) is 6.62. The molecule has 0 bridgehead atoms. The second-order valence-corrected chi connectivity index (χ2v) is 9.71. The molecule has 0 radical (unpaired) electrons. The lowest BCUT2D eigenvalue weighted by Crippen LogP contribution is -2.51. The Morgan fingerprint density at radius 1 is 1.00 bits per heavy atom. The van der Waals surface area contributed by atoms with Gasteiger partial charge < -0.3 is 14.7 Å². The molecule has 4 heteroatoms. The van der Waals surface area contributed by atoms with Crippen LogP contribution in [-0.2, 0) is 0 Å². The molecule has 3 nitrogen and oxygen atoms in total. The topological polar surface area (TPSA) is 32.7 Å². The maximum Gasteiger partial charge on any atom is 0.120 e. The van der Waals surface area contributed by atoms with Gasteiger partial charge in [-0.2, -0.15) is 0 Å². The van der Waals surface area contributed by atoms with Crippen LogP contribution in [-0.4, -0.2) is 41.3 Å². The Morgan fingerprint density at radius 3 is 2.20 bits per heavy atom. The lowest BCUT2D eigenvalue weighted by molar-refractivity contribution is -0.0621. The Morgan fingerprint density at radius 2 is 1.60 bits per heavy atom. The van der Waals surface area contributed by atoms with Crippen LogP contribution in [0.1, 0.15) is 61.1 Å². The molecule has 1 saturated heterocycles. The summed E-state index contributed by atoms with van der Waals surface area (Å²) in [5, 5.41) is 11.8. The van der Waals surface area contributed by atoms with Crippen LogP contribution in [0.15, 0.2) is 42.5 Å². The zero-order valence-corrected chi connectivity index (χ0v) is 19.0. The van der Waals surface area contributed by atoms with Gasteiger partial charge in [0.1, 0.15) is 18.0 Å². The fourth-order valence-corrected chi connectivity index (χ4v) is 5.27. The normalized spacial score (nSPS) is 24.5. The molecule has 162 valence electrons. The lowest BCUT2D eigenvalue weighted by Gasteiger charge is -2.43. The number of ether oxygens (including phenoxy) is 1. The quantitative estimate of drug-likeness (QED) is 0.645. The van der Waals surface area contributed by atoms with Crippen molar-refractivity contribution in [2.75, 3.05) is 19.7 Å². The molecular formula is C26H34ClNO2. The van der Waals surface area contributed by atoms with Crippen molar-refractivity contribution in [3.8, 4) is 5.75 Å². The van der Waals surface area contributed by atoms with E-state index in [9.17, 15) is 5.11 Å². The summed E-state index contributed by atoms with van der Waals surface area (Å²) in [4.78, 5) is 2.60. The monoisotopic (exact) mass is 427 g/mol. The van der Waals surface area contributed by atoms with Crippen molar-refractivity contribution in [1.29, 1.82) is 0 Å².